The Morgan fingerprint density at radius 2 is 1.32 bits per heavy atom. The minimum Gasteiger partial charge on any atom is -0.464 e. The van der Waals surface area contributed by atoms with Crippen molar-refractivity contribution in [3.8, 4) is 0 Å². The van der Waals surface area contributed by atoms with E-state index >= 15 is 0 Å². The highest BCUT2D eigenvalue weighted by Crippen LogP contribution is 2.08. The molecule has 0 spiro atoms. The number of rotatable bonds is 17. The van der Waals surface area contributed by atoms with Crippen LogP contribution in [0.3, 0.4) is 0 Å². The summed E-state index contributed by atoms with van der Waals surface area (Å²) in [7, 11) is 1.63. The van der Waals surface area contributed by atoms with E-state index < -0.39 is 0 Å². The number of unbranched alkanes of at least 4 members (excludes halogenated alkanes) is 7. The molecular formula is C17H34O5. The van der Waals surface area contributed by atoms with Crippen molar-refractivity contribution in [3.05, 3.63) is 0 Å². The quantitative estimate of drug-likeness (QED) is 0.304. The summed E-state index contributed by atoms with van der Waals surface area (Å²) in [5, 5.41) is 0. The normalized spacial score (nSPS) is 10.8. The molecule has 0 aromatic rings. The van der Waals surface area contributed by atoms with Gasteiger partial charge in [0.1, 0.15) is 6.61 Å². The van der Waals surface area contributed by atoms with Crippen LogP contribution >= 0.6 is 0 Å². The first-order valence-corrected chi connectivity index (χ1v) is 8.61. The summed E-state index contributed by atoms with van der Waals surface area (Å²) in [6, 6.07) is 0. The van der Waals surface area contributed by atoms with Crippen molar-refractivity contribution >= 4 is 5.97 Å². The van der Waals surface area contributed by atoms with E-state index in [4.69, 9.17) is 18.9 Å². The van der Waals surface area contributed by atoms with Gasteiger partial charge in [-0.3, -0.25) is 0 Å². The highest BCUT2D eigenvalue weighted by Gasteiger charge is 2.02. The molecule has 5 nitrogen and oxygen atoms in total. The molecule has 22 heavy (non-hydrogen) atoms. The summed E-state index contributed by atoms with van der Waals surface area (Å²) in [6.45, 7) is 4.72. The van der Waals surface area contributed by atoms with Gasteiger partial charge in [-0.25, -0.2) is 4.79 Å². The molecule has 0 aliphatic rings. The second-order valence-electron chi connectivity index (χ2n) is 5.35. The number of esters is 1. The summed E-state index contributed by atoms with van der Waals surface area (Å²) in [6.07, 6.45) is 9.90. The molecule has 0 radical (unpaired) electrons. The maximum absolute atomic E-state index is 11.4. The van der Waals surface area contributed by atoms with Crippen LogP contribution in [0, 0.1) is 0 Å². The van der Waals surface area contributed by atoms with E-state index in [0.29, 0.717) is 33.0 Å². The second kappa shape index (κ2) is 18.4. The number of carbonyl (C=O) groups is 1. The maximum Gasteiger partial charge on any atom is 0.332 e. The SMILES string of the molecule is CCCCCCCCCCOC(=O)COCCOCCOC. The molecule has 0 unspecified atom stereocenters. The van der Waals surface area contributed by atoms with Crippen LogP contribution in [-0.4, -0.2) is 52.7 Å². The first-order valence-electron chi connectivity index (χ1n) is 8.61. The molecule has 5 heteroatoms. The molecule has 0 saturated heterocycles. The third-order valence-electron chi connectivity index (χ3n) is 3.28. The smallest absolute Gasteiger partial charge is 0.332 e. The first-order chi connectivity index (χ1) is 10.8. The Hall–Kier alpha value is -0.650. The van der Waals surface area contributed by atoms with E-state index in [-0.39, 0.29) is 12.6 Å². The zero-order valence-corrected chi connectivity index (χ0v) is 14.4. The topological polar surface area (TPSA) is 54.0 Å². The summed E-state index contributed by atoms with van der Waals surface area (Å²) in [5.41, 5.74) is 0. The molecule has 0 fully saturated rings. The molecule has 0 aromatic heterocycles. The number of hydrogen-bond donors (Lipinski definition) is 0. The van der Waals surface area contributed by atoms with Crippen molar-refractivity contribution in [2.24, 2.45) is 0 Å². The Labute approximate surface area is 135 Å². The minimum absolute atomic E-state index is 0.00462. The zero-order valence-electron chi connectivity index (χ0n) is 14.4. The fourth-order valence-electron chi connectivity index (χ4n) is 1.98. The lowest BCUT2D eigenvalue weighted by atomic mass is 10.1. The second-order valence-corrected chi connectivity index (χ2v) is 5.35. The number of methoxy groups -OCH3 is 1. The number of carbonyl (C=O) groups excluding carboxylic acids is 1. The van der Waals surface area contributed by atoms with E-state index in [2.05, 4.69) is 6.92 Å². The predicted molar refractivity (Wildman–Crippen MR) is 87.1 cm³/mol. The Balaban J connectivity index is 3.13. The molecule has 132 valence electrons. The average Bonchev–Trinajstić information content (AvgIpc) is 2.52. The lowest BCUT2D eigenvalue weighted by Crippen LogP contribution is -2.16. The highest BCUT2D eigenvalue weighted by molar-refractivity contribution is 5.70. The highest BCUT2D eigenvalue weighted by atomic mass is 16.6. The lowest BCUT2D eigenvalue weighted by Gasteiger charge is -2.06. The molecule has 0 amide bonds. The van der Waals surface area contributed by atoms with Gasteiger partial charge >= 0.3 is 5.97 Å². The number of hydrogen-bond acceptors (Lipinski definition) is 5. The van der Waals surface area contributed by atoms with Gasteiger partial charge in [0, 0.05) is 7.11 Å². The standard InChI is InChI=1S/C17H34O5/c1-3-4-5-6-7-8-9-10-11-22-17(18)16-21-15-14-20-13-12-19-2/h3-16H2,1-2H3. The monoisotopic (exact) mass is 318 g/mol. The lowest BCUT2D eigenvalue weighted by molar-refractivity contribution is -0.149. The van der Waals surface area contributed by atoms with E-state index in [1.807, 2.05) is 0 Å². The Kier molecular flexibility index (Phi) is 17.9. The largest absolute Gasteiger partial charge is 0.464 e. The van der Waals surface area contributed by atoms with Crippen molar-refractivity contribution < 1.29 is 23.7 Å². The van der Waals surface area contributed by atoms with Crippen LogP contribution in [0.1, 0.15) is 58.3 Å². The van der Waals surface area contributed by atoms with Crippen molar-refractivity contribution in [2.75, 3.05) is 46.8 Å². The summed E-state index contributed by atoms with van der Waals surface area (Å²) < 4.78 is 20.3. The predicted octanol–water partition coefficient (Wildman–Crippen LogP) is 3.35. The molecule has 0 heterocycles. The minimum atomic E-state index is -0.292. The molecular weight excluding hydrogens is 284 g/mol. The van der Waals surface area contributed by atoms with E-state index in [1.165, 1.54) is 38.5 Å². The van der Waals surface area contributed by atoms with Crippen molar-refractivity contribution in [2.45, 2.75) is 58.3 Å². The Bertz CT molecular complexity index is 233. The van der Waals surface area contributed by atoms with Crippen molar-refractivity contribution in [1.82, 2.24) is 0 Å². The van der Waals surface area contributed by atoms with Gasteiger partial charge in [-0.15, -0.1) is 0 Å². The molecule has 0 aliphatic heterocycles. The van der Waals surface area contributed by atoms with Gasteiger partial charge < -0.3 is 18.9 Å². The third-order valence-corrected chi connectivity index (χ3v) is 3.28. The van der Waals surface area contributed by atoms with Crippen LogP contribution in [0.2, 0.25) is 0 Å². The Morgan fingerprint density at radius 3 is 2.00 bits per heavy atom. The molecule has 0 aromatic carbocycles. The van der Waals surface area contributed by atoms with E-state index in [0.717, 1.165) is 12.8 Å². The summed E-state index contributed by atoms with van der Waals surface area (Å²) >= 11 is 0. The van der Waals surface area contributed by atoms with Crippen LogP contribution in [0.4, 0.5) is 0 Å². The van der Waals surface area contributed by atoms with Crippen LogP contribution in [0.5, 0.6) is 0 Å². The molecule has 0 bridgehead atoms. The molecule has 0 rings (SSSR count). The van der Waals surface area contributed by atoms with E-state index in [1.54, 1.807) is 7.11 Å². The molecule has 0 aliphatic carbocycles. The molecule has 0 atom stereocenters. The molecule has 0 N–H and O–H groups in total. The Morgan fingerprint density at radius 1 is 0.727 bits per heavy atom. The maximum atomic E-state index is 11.4. The van der Waals surface area contributed by atoms with Gasteiger partial charge in [0.05, 0.1) is 33.0 Å². The van der Waals surface area contributed by atoms with Crippen molar-refractivity contribution in [1.29, 1.82) is 0 Å². The van der Waals surface area contributed by atoms with Crippen LogP contribution < -0.4 is 0 Å². The average molecular weight is 318 g/mol. The van der Waals surface area contributed by atoms with Gasteiger partial charge in [-0.1, -0.05) is 51.9 Å². The summed E-state index contributed by atoms with van der Waals surface area (Å²) in [5.74, 6) is -0.292. The fraction of sp³-hybridized carbons (Fsp3) is 0.941. The first kappa shape index (κ1) is 21.4. The van der Waals surface area contributed by atoms with Gasteiger partial charge in [0.2, 0.25) is 0 Å². The van der Waals surface area contributed by atoms with Gasteiger partial charge in [-0.05, 0) is 6.42 Å². The van der Waals surface area contributed by atoms with Crippen LogP contribution in [0.25, 0.3) is 0 Å². The zero-order chi connectivity index (χ0) is 16.3. The van der Waals surface area contributed by atoms with Crippen LogP contribution in [-0.2, 0) is 23.7 Å². The molecule has 0 saturated carbocycles. The van der Waals surface area contributed by atoms with Crippen LogP contribution in [0.15, 0.2) is 0 Å². The van der Waals surface area contributed by atoms with E-state index in [9.17, 15) is 4.79 Å². The third kappa shape index (κ3) is 17.4. The van der Waals surface area contributed by atoms with Gasteiger partial charge in [0.15, 0.2) is 0 Å². The number of ether oxygens (including phenoxy) is 4. The summed E-state index contributed by atoms with van der Waals surface area (Å²) in [4.78, 5) is 11.4. The van der Waals surface area contributed by atoms with Gasteiger partial charge in [0.25, 0.3) is 0 Å². The van der Waals surface area contributed by atoms with Crippen molar-refractivity contribution in [3.63, 3.8) is 0 Å². The van der Waals surface area contributed by atoms with Gasteiger partial charge in [-0.2, -0.15) is 0 Å². The fourth-order valence-corrected chi connectivity index (χ4v) is 1.98.